The maximum atomic E-state index is 11.8. The molecule has 2 rings (SSSR count). The number of halogens is 2. The third-order valence-corrected chi connectivity index (χ3v) is 4.44. The molecule has 0 saturated carbocycles. The van der Waals surface area contributed by atoms with E-state index in [0.717, 1.165) is 50.3 Å². The predicted octanol–water partition coefficient (Wildman–Crippen LogP) is 2.13. The molecule has 0 radical (unpaired) electrons. The molecule has 6 nitrogen and oxygen atoms in total. The van der Waals surface area contributed by atoms with Crippen LogP contribution in [0.3, 0.4) is 0 Å². The SMILES string of the molecule is CCNC(=NCC(=O)N(C)C)N1CCN(Cc2ccc(Cl)cc2)CC1.I. The molecule has 0 spiro atoms. The van der Waals surface area contributed by atoms with Crippen LogP contribution >= 0.6 is 35.6 Å². The summed E-state index contributed by atoms with van der Waals surface area (Å²) >= 11 is 5.94. The van der Waals surface area contributed by atoms with Gasteiger partial charge in [-0.2, -0.15) is 0 Å². The molecule has 0 bridgehead atoms. The van der Waals surface area contributed by atoms with Gasteiger partial charge in [0.25, 0.3) is 0 Å². The van der Waals surface area contributed by atoms with Crippen molar-refractivity contribution in [1.29, 1.82) is 0 Å². The van der Waals surface area contributed by atoms with Crippen LogP contribution in [0.5, 0.6) is 0 Å². The average molecular weight is 494 g/mol. The lowest BCUT2D eigenvalue weighted by Crippen LogP contribution is -2.52. The molecule has 1 aliphatic heterocycles. The lowest BCUT2D eigenvalue weighted by Gasteiger charge is -2.36. The third kappa shape index (κ3) is 7.28. The quantitative estimate of drug-likeness (QED) is 0.388. The van der Waals surface area contributed by atoms with E-state index >= 15 is 0 Å². The summed E-state index contributed by atoms with van der Waals surface area (Å²) in [6, 6.07) is 8.02. The van der Waals surface area contributed by atoms with Crippen LogP contribution in [0.25, 0.3) is 0 Å². The van der Waals surface area contributed by atoms with Gasteiger partial charge in [-0.3, -0.25) is 9.69 Å². The number of piperazine rings is 1. The molecule has 146 valence electrons. The Hall–Kier alpha value is -1.06. The number of likely N-dealkylation sites (N-methyl/N-ethyl adjacent to an activating group) is 1. The second kappa shape index (κ2) is 11.6. The first-order valence-corrected chi connectivity index (χ1v) is 9.07. The van der Waals surface area contributed by atoms with Gasteiger partial charge in [0.05, 0.1) is 0 Å². The normalized spacial score (nSPS) is 15.4. The van der Waals surface area contributed by atoms with E-state index in [4.69, 9.17) is 11.6 Å². The van der Waals surface area contributed by atoms with Crippen molar-refractivity contribution < 1.29 is 4.79 Å². The summed E-state index contributed by atoms with van der Waals surface area (Å²) < 4.78 is 0. The Morgan fingerprint density at radius 1 is 1.19 bits per heavy atom. The number of hydrogen-bond donors (Lipinski definition) is 1. The van der Waals surface area contributed by atoms with Gasteiger partial charge in [0.2, 0.25) is 5.91 Å². The highest BCUT2D eigenvalue weighted by atomic mass is 127. The Balaban J connectivity index is 0.00000338. The molecule has 1 aromatic rings. The average Bonchev–Trinajstić information content (AvgIpc) is 2.61. The molecule has 8 heteroatoms. The maximum Gasteiger partial charge on any atom is 0.243 e. The second-order valence-corrected chi connectivity index (χ2v) is 6.78. The van der Waals surface area contributed by atoms with E-state index < -0.39 is 0 Å². The molecule has 0 atom stereocenters. The molecule has 0 aromatic heterocycles. The van der Waals surface area contributed by atoms with Gasteiger partial charge >= 0.3 is 0 Å². The molecular formula is C18H29ClIN5O. The van der Waals surface area contributed by atoms with Gasteiger partial charge in [0.15, 0.2) is 5.96 Å². The highest BCUT2D eigenvalue weighted by molar-refractivity contribution is 14.0. The van der Waals surface area contributed by atoms with E-state index in [1.54, 1.807) is 19.0 Å². The van der Waals surface area contributed by atoms with Crippen molar-refractivity contribution in [3.63, 3.8) is 0 Å². The molecular weight excluding hydrogens is 465 g/mol. The minimum Gasteiger partial charge on any atom is -0.357 e. The third-order valence-electron chi connectivity index (χ3n) is 4.19. The van der Waals surface area contributed by atoms with Gasteiger partial charge < -0.3 is 15.1 Å². The zero-order valence-electron chi connectivity index (χ0n) is 15.7. The van der Waals surface area contributed by atoms with Crippen molar-refractivity contribution in [3.8, 4) is 0 Å². The van der Waals surface area contributed by atoms with Crippen LogP contribution in [0.15, 0.2) is 29.3 Å². The topological polar surface area (TPSA) is 51.2 Å². The number of guanidine groups is 1. The van der Waals surface area contributed by atoms with E-state index in [-0.39, 0.29) is 36.4 Å². The fourth-order valence-corrected chi connectivity index (χ4v) is 2.80. The summed E-state index contributed by atoms with van der Waals surface area (Å²) in [5.74, 6) is 0.834. The molecule has 26 heavy (non-hydrogen) atoms. The summed E-state index contributed by atoms with van der Waals surface area (Å²) in [7, 11) is 3.50. The smallest absolute Gasteiger partial charge is 0.243 e. The predicted molar refractivity (Wildman–Crippen MR) is 118 cm³/mol. The first-order valence-electron chi connectivity index (χ1n) is 8.69. The molecule has 1 aliphatic rings. The van der Waals surface area contributed by atoms with Crippen LogP contribution in [0, 0.1) is 0 Å². The number of nitrogens with zero attached hydrogens (tertiary/aromatic N) is 4. The molecule has 0 aliphatic carbocycles. The largest absolute Gasteiger partial charge is 0.357 e. The lowest BCUT2D eigenvalue weighted by atomic mass is 10.2. The Kier molecular flexibility index (Phi) is 10.3. The number of carbonyl (C=O) groups excluding carboxylic acids is 1. The molecule has 1 amide bonds. The van der Waals surface area contributed by atoms with Gasteiger partial charge in [0, 0.05) is 58.4 Å². The number of nitrogens with one attached hydrogen (secondary N) is 1. The molecule has 1 N–H and O–H groups in total. The highest BCUT2D eigenvalue weighted by Crippen LogP contribution is 2.13. The zero-order chi connectivity index (χ0) is 18.2. The minimum atomic E-state index is 0. The Labute approximate surface area is 178 Å². The van der Waals surface area contributed by atoms with Crippen molar-refractivity contribution in [3.05, 3.63) is 34.9 Å². The molecule has 0 unspecified atom stereocenters. The van der Waals surface area contributed by atoms with Crippen molar-refractivity contribution in [1.82, 2.24) is 20.0 Å². The van der Waals surface area contributed by atoms with Crippen molar-refractivity contribution in [2.75, 3.05) is 53.4 Å². The van der Waals surface area contributed by atoms with E-state index in [0.29, 0.717) is 0 Å². The van der Waals surface area contributed by atoms with Gasteiger partial charge in [-0.25, -0.2) is 4.99 Å². The van der Waals surface area contributed by atoms with Crippen LogP contribution < -0.4 is 5.32 Å². The summed E-state index contributed by atoms with van der Waals surface area (Å²) in [5, 5.41) is 4.06. The second-order valence-electron chi connectivity index (χ2n) is 6.35. The molecule has 1 fully saturated rings. The fourth-order valence-electron chi connectivity index (χ4n) is 2.68. The summed E-state index contributed by atoms with van der Waals surface area (Å²) in [4.78, 5) is 22.5. The Morgan fingerprint density at radius 2 is 1.81 bits per heavy atom. The number of aliphatic imine (C=N–C) groups is 1. The van der Waals surface area contributed by atoms with Crippen LogP contribution in [0.2, 0.25) is 5.02 Å². The fraction of sp³-hybridized carbons (Fsp3) is 0.556. The summed E-state index contributed by atoms with van der Waals surface area (Å²) in [6.45, 7) is 7.67. The van der Waals surface area contributed by atoms with Crippen molar-refractivity contribution >= 4 is 47.4 Å². The van der Waals surface area contributed by atoms with Crippen LogP contribution in [0.1, 0.15) is 12.5 Å². The van der Waals surface area contributed by atoms with E-state index in [2.05, 4.69) is 32.2 Å². The standard InChI is InChI=1S/C18H28ClN5O.HI/c1-4-20-18(21-13-17(25)22(2)3)24-11-9-23(10-12-24)14-15-5-7-16(19)8-6-15;/h5-8H,4,9-14H2,1-3H3,(H,20,21);1H. The molecule has 1 saturated heterocycles. The zero-order valence-corrected chi connectivity index (χ0v) is 18.8. The van der Waals surface area contributed by atoms with E-state index in [1.165, 1.54) is 5.56 Å². The van der Waals surface area contributed by atoms with Crippen LogP contribution in [-0.2, 0) is 11.3 Å². The van der Waals surface area contributed by atoms with Crippen molar-refractivity contribution in [2.24, 2.45) is 4.99 Å². The highest BCUT2D eigenvalue weighted by Gasteiger charge is 2.20. The number of amides is 1. The minimum absolute atomic E-state index is 0. The number of benzene rings is 1. The number of rotatable bonds is 5. The van der Waals surface area contributed by atoms with E-state index in [1.807, 2.05) is 19.1 Å². The van der Waals surface area contributed by atoms with Gasteiger partial charge in [-0.1, -0.05) is 23.7 Å². The first kappa shape index (κ1) is 23.0. The lowest BCUT2D eigenvalue weighted by molar-refractivity contribution is -0.127. The summed E-state index contributed by atoms with van der Waals surface area (Å²) in [5.41, 5.74) is 1.27. The first-order chi connectivity index (χ1) is 12.0. The van der Waals surface area contributed by atoms with Gasteiger partial charge in [-0.05, 0) is 24.6 Å². The number of hydrogen-bond acceptors (Lipinski definition) is 3. The number of carbonyl (C=O) groups is 1. The summed E-state index contributed by atoms with van der Waals surface area (Å²) in [6.07, 6.45) is 0. The maximum absolute atomic E-state index is 11.8. The van der Waals surface area contributed by atoms with Crippen LogP contribution in [-0.4, -0.2) is 79.9 Å². The molecule has 1 heterocycles. The van der Waals surface area contributed by atoms with Gasteiger partial charge in [0.1, 0.15) is 6.54 Å². The van der Waals surface area contributed by atoms with Crippen molar-refractivity contribution in [2.45, 2.75) is 13.5 Å². The van der Waals surface area contributed by atoms with Gasteiger partial charge in [-0.15, -0.1) is 24.0 Å². The Bertz CT molecular complexity index is 586. The van der Waals surface area contributed by atoms with Crippen LogP contribution in [0.4, 0.5) is 0 Å². The Morgan fingerprint density at radius 3 is 2.35 bits per heavy atom. The molecule has 1 aromatic carbocycles. The van der Waals surface area contributed by atoms with E-state index in [9.17, 15) is 4.79 Å². The monoisotopic (exact) mass is 493 g/mol.